The Morgan fingerprint density at radius 2 is 1.89 bits per heavy atom. The smallest absolute Gasteiger partial charge is 0.408 e. The number of carbonyl (C=O) groups excluding carboxylic acids is 1. The fraction of sp³-hybridized carbons (Fsp3) is 0.818. The third kappa shape index (κ3) is 3.93. The van der Waals surface area contributed by atoms with Gasteiger partial charge in [-0.25, -0.2) is 4.79 Å². The van der Waals surface area contributed by atoms with E-state index in [2.05, 4.69) is 22.2 Å². The van der Waals surface area contributed by atoms with Crippen LogP contribution in [0, 0.1) is 12.3 Å². The Morgan fingerprint density at radius 1 is 1.21 bits per heavy atom. The zero-order valence-electron chi connectivity index (χ0n) is 18.0. The minimum absolute atomic E-state index is 0.0444. The average Bonchev–Trinajstić information content (AvgIpc) is 2.96. The summed E-state index contributed by atoms with van der Waals surface area (Å²) in [7, 11) is 0. The van der Waals surface area contributed by atoms with Crippen LogP contribution in [-0.2, 0) is 24.2 Å². The van der Waals surface area contributed by atoms with E-state index in [0.717, 1.165) is 45.3 Å². The number of alkyl carbamates (subject to hydrolysis) is 1. The Kier molecular flexibility index (Phi) is 4.97. The summed E-state index contributed by atoms with van der Waals surface area (Å²) in [6, 6.07) is 0. The summed E-state index contributed by atoms with van der Waals surface area (Å²) in [5.74, 6) is 0. The van der Waals surface area contributed by atoms with Crippen LogP contribution < -0.4 is 10.6 Å². The lowest BCUT2D eigenvalue weighted by Crippen LogP contribution is -2.57. The SMILES string of the molecule is Cc1nn(CCC23CCC(NC(=O)OC(C)(C)C)(CC2)CC3)c2c1CNCC2. The second kappa shape index (κ2) is 7.05. The number of aryl methyl sites for hydroxylation is 2. The summed E-state index contributed by atoms with van der Waals surface area (Å²) in [5.41, 5.74) is 3.99. The first-order chi connectivity index (χ1) is 13.2. The standard InChI is InChI=1S/C22H36N4O2/c1-16-17-15-23-13-5-18(17)26(25-16)14-12-21-6-9-22(10-7-21,11-8-21)24-19(27)28-20(2,3)4/h23H,5-15H2,1-4H3,(H,24,27). The summed E-state index contributed by atoms with van der Waals surface area (Å²) in [5, 5.41) is 11.5. The molecule has 0 atom stereocenters. The van der Waals surface area contributed by atoms with Crippen molar-refractivity contribution >= 4 is 6.09 Å². The van der Waals surface area contributed by atoms with Gasteiger partial charge < -0.3 is 15.4 Å². The van der Waals surface area contributed by atoms with E-state index < -0.39 is 5.60 Å². The maximum absolute atomic E-state index is 12.3. The van der Waals surface area contributed by atoms with Crippen LogP contribution in [0.4, 0.5) is 4.79 Å². The number of rotatable bonds is 4. The Morgan fingerprint density at radius 3 is 2.54 bits per heavy atom. The molecule has 0 unspecified atom stereocenters. The Hall–Kier alpha value is -1.56. The topological polar surface area (TPSA) is 68.2 Å². The van der Waals surface area contributed by atoms with E-state index in [-0.39, 0.29) is 11.6 Å². The molecule has 0 saturated heterocycles. The van der Waals surface area contributed by atoms with Gasteiger partial charge in [0.2, 0.25) is 0 Å². The van der Waals surface area contributed by atoms with Gasteiger partial charge in [0.15, 0.2) is 0 Å². The van der Waals surface area contributed by atoms with Gasteiger partial charge in [0.05, 0.1) is 5.69 Å². The molecule has 2 bridgehead atoms. The number of carbonyl (C=O) groups is 1. The van der Waals surface area contributed by atoms with E-state index in [4.69, 9.17) is 9.84 Å². The quantitative estimate of drug-likeness (QED) is 0.822. The molecule has 4 aliphatic rings. The summed E-state index contributed by atoms with van der Waals surface area (Å²) in [4.78, 5) is 12.3. The van der Waals surface area contributed by atoms with Gasteiger partial charge in [0.1, 0.15) is 5.60 Å². The average molecular weight is 389 g/mol. The molecule has 2 N–H and O–H groups in total. The van der Waals surface area contributed by atoms with Gasteiger partial charge in [-0.1, -0.05) is 0 Å². The summed E-state index contributed by atoms with van der Waals surface area (Å²) >= 11 is 0. The number of nitrogens with zero attached hydrogens (tertiary/aromatic N) is 2. The van der Waals surface area contributed by atoms with Crippen molar-refractivity contribution in [2.24, 2.45) is 5.41 Å². The summed E-state index contributed by atoms with van der Waals surface area (Å²) < 4.78 is 7.79. The molecule has 1 aromatic rings. The zero-order valence-corrected chi connectivity index (χ0v) is 18.0. The lowest BCUT2D eigenvalue weighted by atomic mass is 9.56. The Bertz CT molecular complexity index is 722. The van der Waals surface area contributed by atoms with Gasteiger partial charge in [-0.15, -0.1) is 0 Å². The summed E-state index contributed by atoms with van der Waals surface area (Å²) in [6.07, 6.45) is 8.87. The van der Waals surface area contributed by atoms with Crippen molar-refractivity contribution < 1.29 is 9.53 Å². The van der Waals surface area contributed by atoms with Crippen molar-refractivity contribution in [3.8, 4) is 0 Å². The number of amides is 1. The molecule has 156 valence electrons. The number of hydrogen-bond donors (Lipinski definition) is 2. The third-order valence-corrected chi connectivity index (χ3v) is 7.23. The molecule has 1 amide bonds. The fourth-order valence-electron chi connectivity index (χ4n) is 5.47. The number of aromatic nitrogens is 2. The molecule has 0 aromatic carbocycles. The molecule has 2 heterocycles. The van der Waals surface area contributed by atoms with Crippen LogP contribution in [0.5, 0.6) is 0 Å². The molecule has 28 heavy (non-hydrogen) atoms. The number of ether oxygens (including phenoxy) is 1. The number of hydrogen-bond acceptors (Lipinski definition) is 4. The van der Waals surface area contributed by atoms with Crippen LogP contribution in [0.15, 0.2) is 0 Å². The molecule has 1 aliphatic heterocycles. The number of nitrogens with one attached hydrogen (secondary N) is 2. The molecule has 1 aromatic heterocycles. The number of fused-ring (bicyclic) bond motifs is 4. The maximum atomic E-state index is 12.3. The van der Waals surface area contributed by atoms with E-state index >= 15 is 0 Å². The van der Waals surface area contributed by atoms with E-state index in [1.165, 1.54) is 42.6 Å². The predicted molar refractivity (Wildman–Crippen MR) is 109 cm³/mol. The van der Waals surface area contributed by atoms with Crippen LogP contribution in [0.3, 0.4) is 0 Å². The molecular weight excluding hydrogens is 352 g/mol. The van der Waals surface area contributed by atoms with E-state index in [0.29, 0.717) is 5.41 Å². The molecule has 0 radical (unpaired) electrons. The van der Waals surface area contributed by atoms with Crippen LogP contribution in [0.2, 0.25) is 0 Å². The van der Waals surface area contributed by atoms with Crippen LogP contribution in [0.25, 0.3) is 0 Å². The van der Waals surface area contributed by atoms with E-state index in [1.807, 2.05) is 20.8 Å². The normalized spacial score (nSPS) is 29.4. The molecule has 6 nitrogen and oxygen atoms in total. The second-order valence-corrected chi connectivity index (χ2v) is 10.3. The largest absolute Gasteiger partial charge is 0.444 e. The zero-order chi connectivity index (χ0) is 20.0. The van der Waals surface area contributed by atoms with Crippen molar-refractivity contribution in [1.29, 1.82) is 0 Å². The van der Waals surface area contributed by atoms with Gasteiger partial charge in [0, 0.05) is 42.9 Å². The minimum Gasteiger partial charge on any atom is -0.444 e. The minimum atomic E-state index is -0.440. The molecule has 0 spiro atoms. The monoisotopic (exact) mass is 388 g/mol. The van der Waals surface area contributed by atoms with Gasteiger partial charge in [-0.2, -0.15) is 5.10 Å². The first kappa shape index (κ1) is 19.7. The van der Waals surface area contributed by atoms with Crippen molar-refractivity contribution in [2.45, 2.75) is 103 Å². The Balaban J connectivity index is 1.35. The van der Waals surface area contributed by atoms with Crippen LogP contribution in [-0.4, -0.2) is 33.6 Å². The van der Waals surface area contributed by atoms with E-state index in [1.54, 1.807) is 0 Å². The van der Waals surface area contributed by atoms with Crippen molar-refractivity contribution in [3.63, 3.8) is 0 Å². The van der Waals surface area contributed by atoms with Gasteiger partial charge in [-0.05, 0) is 78.1 Å². The lowest BCUT2D eigenvalue weighted by molar-refractivity contribution is -0.00151. The highest BCUT2D eigenvalue weighted by molar-refractivity contribution is 5.69. The van der Waals surface area contributed by atoms with Crippen LogP contribution in [0.1, 0.15) is 82.7 Å². The highest BCUT2D eigenvalue weighted by Gasteiger charge is 2.49. The second-order valence-electron chi connectivity index (χ2n) is 10.3. The third-order valence-electron chi connectivity index (χ3n) is 7.23. The molecule has 6 heteroatoms. The van der Waals surface area contributed by atoms with Crippen LogP contribution >= 0.6 is 0 Å². The highest BCUT2D eigenvalue weighted by Crippen LogP contribution is 2.54. The Labute approximate surface area is 168 Å². The molecule has 5 rings (SSSR count). The first-order valence-electron chi connectivity index (χ1n) is 11.0. The highest BCUT2D eigenvalue weighted by atomic mass is 16.6. The molecule has 3 aliphatic carbocycles. The van der Waals surface area contributed by atoms with Gasteiger partial charge in [0.25, 0.3) is 0 Å². The lowest BCUT2D eigenvalue weighted by Gasteiger charge is -2.53. The first-order valence-corrected chi connectivity index (χ1v) is 11.0. The summed E-state index contributed by atoms with van der Waals surface area (Å²) in [6.45, 7) is 10.9. The maximum Gasteiger partial charge on any atom is 0.408 e. The van der Waals surface area contributed by atoms with E-state index in [9.17, 15) is 4.79 Å². The van der Waals surface area contributed by atoms with Gasteiger partial charge >= 0.3 is 6.09 Å². The molecule has 3 saturated carbocycles. The van der Waals surface area contributed by atoms with Crippen molar-refractivity contribution in [1.82, 2.24) is 20.4 Å². The van der Waals surface area contributed by atoms with Crippen molar-refractivity contribution in [3.05, 3.63) is 17.0 Å². The fourth-order valence-corrected chi connectivity index (χ4v) is 5.47. The molecular formula is C22H36N4O2. The predicted octanol–water partition coefficient (Wildman–Crippen LogP) is 3.85. The van der Waals surface area contributed by atoms with Crippen molar-refractivity contribution in [2.75, 3.05) is 6.54 Å². The molecule has 3 fully saturated rings. The van der Waals surface area contributed by atoms with Gasteiger partial charge in [-0.3, -0.25) is 4.68 Å².